The van der Waals surface area contributed by atoms with Crippen LogP contribution in [0.25, 0.3) is 0 Å². The lowest BCUT2D eigenvalue weighted by Crippen LogP contribution is -2.32. The number of benzene rings is 2. The Labute approximate surface area is 176 Å². The van der Waals surface area contributed by atoms with E-state index in [1.165, 1.54) is 7.11 Å². The van der Waals surface area contributed by atoms with Crippen LogP contribution < -0.4 is 9.47 Å². The van der Waals surface area contributed by atoms with Crippen molar-refractivity contribution < 1.29 is 14.3 Å². The van der Waals surface area contributed by atoms with Gasteiger partial charge in [0.15, 0.2) is 0 Å². The third-order valence-electron chi connectivity index (χ3n) is 5.39. The Morgan fingerprint density at radius 2 is 1.60 bits per heavy atom. The van der Waals surface area contributed by atoms with Crippen molar-refractivity contribution in [2.75, 3.05) is 20.2 Å². The fraction of sp³-hybridized carbons (Fsp3) is 0.292. The van der Waals surface area contributed by atoms with E-state index in [9.17, 15) is 4.79 Å². The van der Waals surface area contributed by atoms with Crippen LogP contribution in [0.3, 0.4) is 0 Å². The van der Waals surface area contributed by atoms with E-state index in [-0.39, 0.29) is 17.9 Å². The molecule has 4 rings (SSSR count). The minimum atomic E-state index is -0.119. The Bertz CT molecular complexity index is 926. The van der Waals surface area contributed by atoms with E-state index in [1.54, 1.807) is 12.4 Å². The summed E-state index contributed by atoms with van der Waals surface area (Å²) < 4.78 is 11.2. The summed E-state index contributed by atoms with van der Waals surface area (Å²) in [5, 5.41) is 0. The number of hydrogen-bond acceptors (Lipinski definition) is 5. The smallest absolute Gasteiger partial charge is 0.278 e. The SMILES string of the molecule is COc1nccnc1OC1CCN(C(=O)CC(c2ccccc2)c2ccccc2)C1. The van der Waals surface area contributed by atoms with E-state index in [0.29, 0.717) is 31.3 Å². The minimum absolute atomic E-state index is 0.0277. The molecule has 6 nitrogen and oxygen atoms in total. The van der Waals surface area contributed by atoms with E-state index in [1.807, 2.05) is 41.3 Å². The number of likely N-dealkylation sites (tertiary alicyclic amines) is 1. The Kier molecular flexibility index (Phi) is 6.23. The molecule has 0 spiro atoms. The molecule has 1 aliphatic rings. The quantitative estimate of drug-likeness (QED) is 0.602. The van der Waals surface area contributed by atoms with Crippen molar-refractivity contribution in [1.82, 2.24) is 14.9 Å². The van der Waals surface area contributed by atoms with Crippen LogP contribution in [0.4, 0.5) is 0 Å². The van der Waals surface area contributed by atoms with E-state index >= 15 is 0 Å². The van der Waals surface area contributed by atoms with Crippen molar-refractivity contribution >= 4 is 5.91 Å². The van der Waals surface area contributed by atoms with E-state index in [0.717, 1.165) is 17.5 Å². The van der Waals surface area contributed by atoms with Gasteiger partial charge in [-0.1, -0.05) is 60.7 Å². The highest BCUT2D eigenvalue weighted by molar-refractivity contribution is 5.78. The summed E-state index contributed by atoms with van der Waals surface area (Å²) in [5.74, 6) is 0.881. The maximum absolute atomic E-state index is 13.1. The van der Waals surface area contributed by atoms with Crippen LogP contribution in [0, 0.1) is 0 Å². The number of carbonyl (C=O) groups is 1. The molecule has 0 radical (unpaired) electrons. The third-order valence-corrected chi connectivity index (χ3v) is 5.39. The summed E-state index contributed by atoms with van der Waals surface area (Å²) >= 11 is 0. The minimum Gasteiger partial charge on any atom is -0.477 e. The maximum Gasteiger partial charge on any atom is 0.278 e. The van der Waals surface area contributed by atoms with Crippen molar-refractivity contribution in [3.63, 3.8) is 0 Å². The Morgan fingerprint density at radius 1 is 1.00 bits per heavy atom. The summed E-state index contributed by atoms with van der Waals surface area (Å²) in [5.41, 5.74) is 2.29. The number of amides is 1. The molecule has 0 aliphatic carbocycles. The average molecular weight is 403 g/mol. The second-order valence-electron chi connectivity index (χ2n) is 7.32. The topological polar surface area (TPSA) is 64.6 Å². The van der Waals surface area contributed by atoms with Gasteiger partial charge in [0.1, 0.15) is 6.10 Å². The van der Waals surface area contributed by atoms with Gasteiger partial charge in [0.05, 0.1) is 13.7 Å². The number of ether oxygens (including phenoxy) is 2. The zero-order valence-corrected chi connectivity index (χ0v) is 17.0. The molecule has 1 atom stereocenters. The summed E-state index contributed by atoms with van der Waals surface area (Å²) in [6.45, 7) is 1.21. The Balaban J connectivity index is 1.43. The van der Waals surface area contributed by atoms with Gasteiger partial charge in [0, 0.05) is 37.7 Å². The number of carbonyl (C=O) groups excluding carboxylic acids is 1. The van der Waals surface area contributed by atoms with Crippen molar-refractivity contribution in [2.24, 2.45) is 0 Å². The second kappa shape index (κ2) is 9.39. The molecular formula is C24H25N3O3. The fourth-order valence-corrected chi connectivity index (χ4v) is 3.84. The van der Waals surface area contributed by atoms with Gasteiger partial charge in [-0.25, -0.2) is 9.97 Å². The van der Waals surface area contributed by atoms with Crippen LogP contribution in [-0.2, 0) is 4.79 Å². The summed E-state index contributed by atoms with van der Waals surface area (Å²) in [7, 11) is 1.54. The summed E-state index contributed by atoms with van der Waals surface area (Å²) in [6, 6.07) is 20.4. The average Bonchev–Trinajstić information content (AvgIpc) is 3.27. The van der Waals surface area contributed by atoms with Crippen molar-refractivity contribution in [3.8, 4) is 11.8 Å². The first-order chi connectivity index (χ1) is 14.7. The largest absolute Gasteiger partial charge is 0.477 e. The number of nitrogens with zero attached hydrogens (tertiary/aromatic N) is 3. The van der Waals surface area contributed by atoms with Crippen LogP contribution in [0.1, 0.15) is 29.9 Å². The molecule has 6 heteroatoms. The molecule has 1 aromatic heterocycles. The number of hydrogen-bond donors (Lipinski definition) is 0. The van der Waals surface area contributed by atoms with E-state index < -0.39 is 0 Å². The molecule has 2 heterocycles. The predicted molar refractivity (Wildman–Crippen MR) is 114 cm³/mol. The van der Waals surface area contributed by atoms with Gasteiger partial charge in [-0.2, -0.15) is 0 Å². The highest BCUT2D eigenvalue weighted by Gasteiger charge is 2.30. The molecule has 1 aliphatic heterocycles. The molecule has 3 aromatic rings. The second-order valence-corrected chi connectivity index (χ2v) is 7.32. The Morgan fingerprint density at radius 3 is 2.20 bits per heavy atom. The van der Waals surface area contributed by atoms with Crippen LogP contribution >= 0.6 is 0 Å². The molecule has 2 aromatic carbocycles. The molecule has 1 saturated heterocycles. The molecule has 1 unspecified atom stereocenters. The van der Waals surface area contributed by atoms with Gasteiger partial charge in [-0.3, -0.25) is 4.79 Å². The molecular weight excluding hydrogens is 378 g/mol. The van der Waals surface area contributed by atoms with Crippen molar-refractivity contribution in [3.05, 3.63) is 84.2 Å². The van der Waals surface area contributed by atoms with Gasteiger partial charge in [-0.05, 0) is 11.1 Å². The summed E-state index contributed by atoms with van der Waals surface area (Å²) in [6.07, 6.45) is 4.19. The van der Waals surface area contributed by atoms with E-state index in [4.69, 9.17) is 9.47 Å². The maximum atomic E-state index is 13.1. The molecule has 0 N–H and O–H groups in total. The van der Waals surface area contributed by atoms with Gasteiger partial charge < -0.3 is 14.4 Å². The van der Waals surface area contributed by atoms with Gasteiger partial charge >= 0.3 is 0 Å². The molecule has 1 amide bonds. The lowest BCUT2D eigenvalue weighted by atomic mass is 9.88. The lowest BCUT2D eigenvalue weighted by molar-refractivity contribution is -0.130. The Hall–Kier alpha value is -3.41. The zero-order valence-electron chi connectivity index (χ0n) is 17.0. The monoisotopic (exact) mass is 403 g/mol. The fourth-order valence-electron chi connectivity index (χ4n) is 3.84. The van der Waals surface area contributed by atoms with Crippen LogP contribution in [0.2, 0.25) is 0 Å². The highest BCUT2D eigenvalue weighted by atomic mass is 16.5. The number of rotatable bonds is 7. The molecule has 154 valence electrons. The lowest BCUT2D eigenvalue weighted by Gasteiger charge is -2.22. The highest BCUT2D eigenvalue weighted by Crippen LogP contribution is 2.30. The molecule has 0 saturated carbocycles. The van der Waals surface area contributed by atoms with E-state index in [2.05, 4.69) is 34.2 Å². The first kappa shape index (κ1) is 19.9. The van der Waals surface area contributed by atoms with Crippen molar-refractivity contribution in [2.45, 2.75) is 24.9 Å². The summed E-state index contributed by atoms with van der Waals surface area (Å²) in [4.78, 5) is 23.3. The van der Waals surface area contributed by atoms with Crippen LogP contribution in [0.15, 0.2) is 73.1 Å². The normalized spacial score (nSPS) is 15.9. The van der Waals surface area contributed by atoms with Gasteiger partial charge in [-0.15, -0.1) is 0 Å². The van der Waals surface area contributed by atoms with Crippen LogP contribution in [-0.4, -0.2) is 47.1 Å². The standard InChI is InChI=1S/C24H25N3O3/c1-29-23-24(26-14-13-25-23)30-20-12-15-27(17-20)22(28)16-21(18-8-4-2-5-9-18)19-10-6-3-7-11-19/h2-11,13-14,20-21H,12,15-17H2,1H3. The first-order valence-corrected chi connectivity index (χ1v) is 10.1. The molecule has 1 fully saturated rings. The van der Waals surface area contributed by atoms with Gasteiger partial charge in [0.2, 0.25) is 5.91 Å². The van der Waals surface area contributed by atoms with Crippen LogP contribution in [0.5, 0.6) is 11.8 Å². The predicted octanol–water partition coefficient (Wildman–Crippen LogP) is 3.69. The molecule has 30 heavy (non-hydrogen) atoms. The number of aromatic nitrogens is 2. The third kappa shape index (κ3) is 4.59. The number of methoxy groups -OCH3 is 1. The zero-order chi connectivity index (χ0) is 20.8. The first-order valence-electron chi connectivity index (χ1n) is 10.1. The van der Waals surface area contributed by atoms with Gasteiger partial charge in [0.25, 0.3) is 11.8 Å². The van der Waals surface area contributed by atoms with Crippen molar-refractivity contribution in [1.29, 1.82) is 0 Å². The molecule has 0 bridgehead atoms.